The number of thioether (sulfide) groups is 1. The highest BCUT2D eigenvalue weighted by atomic mass is 32.2. The van der Waals surface area contributed by atoms with Crippen LogP contribution in [0.1, 0.15) is 102 Å². The Bertz CT molecular complexity index is 660. The number of esters is 1. The number of hydrogen-bond donors (Lipinski definition) is 2. The fourth-order valence-corrected chi connectivity index (χ4v) is 4.65. The third kappa shape index (κ3) is 19.5. The summed E-state index contributed by atoms with van der Waals surface area (Å²) in [6.45, 7) is 3.44. The van der Waals surface area contributed by atoms with Gasteiger partial charge in [-0.3, -0.25) is 4.79 Å². The molecule has 206 valence electrons. The summed E-state index contributed by atoms with van der Waals surface area (Å²) < 4.78 is 10.5. The molecule has 0 spiro atoms. The van der Waals surface area contributed by atoms with Gasteiger partial charge in [-0.15, -0.1) is 0 Å². The van der Waals surface area contributed by atoms with Crippen LogP contribution in [0.2, 0.25) is 0 Å². The molecule has 0 saturated carbocycles. The molecule has 0 unspecified atom stereocenters. The SMILES string of the molecule is CCCCCCCCCCCCCCCCOC(=O)NCCSC[C@H](N)C(=O)OCc1ccccc1. The first-order valence-corrected chi connectivity index (χ1v) is 15.2. The van der Waals surface area contributed by atoms with E-state index in [1.54, 1.807) is 0 Å². The van der Waals surface area contributed by atoms with Crippen molar-refractivity contribution in [2.45, 2.75) is 109 Å². The Morgan fingerprint density at radius 3 is 1.97 bits per heavy atom. The second-order valence-electron chi connectivity index (χ2n) is 9.43. The molecule has 0 fully saturated rings. The van der Waals surface area contributed by atoms with Crippen molar-refractivity contribution in [2.24, 2.45) is 5.73 Å². The van der Waals surface area contributed by atoms with Crippen molar-refractivity contribution in [1.82, 2.24) is 5.32 Å². The van der Waals surface area contributed by atoms with Gasteiger partial charge in [0.1, 0.15) is 12.6 Å². The zero-order valence-corrected chi connectivity index (χ0v) is 23.3. The quantitative estimate of drug-likeness (QED) is 0.119. The minimum Gasteiger partial charge on any atom is -0.460 e. The van der Waals surface area contributed by atoms with Gasteiger partial charge >= 0.3 is 12.1 Å². The zero-order valence-electron chi connectivity index (χ0n) is 22.5. The number of nitrogens with one attached hydrogen (secondary N) is 1. The predicted molar refractivity (Wildman–Crippen MR) is 151 cm³/mol. The van der Waals surface area contributed by atoms with E-state index < -0.39 is 12.0 Å². The number of carbonyl (C=O) groups excluding carboxylic acids is 2. The maximum Gasteiger partial charge on any atom is 0.407 e. The van der Waals surface area contributed by atoms with Crippen molar-refractivity contribution in [3.05, 3.63) is 35.9 Å². The summed E-state index contributed by atoms with van der Waals surface area (Å²) in [4.78, 5) is 23.7. The molecule has 0 radical (unpaired) electrons. The molecule has 0 bridgehead atoms. The number of alkyl carbamates (subject to hydrolysis) is 1. The molecule has 1 aromatic carbocycles. The fourth-order valence-electron chi connectivity index (χ4n) is 3.85. The van der Waals surface area contributed by atoms with Crippen LogP contribution in [-0.4, -0.2) is 42.8 Å². The van der Waals surface area contributed by atoms with Crippen molar-refractivity contribution < 1.29 is 19.1 Å². The van der Waals surface area contributed by atoms with Crippen molar-refractivity contribution in [3.63, 3.8) is 0 Å². The Hall–Kier alpha value is -1.73. The third-order valence-electron chi connectivity index (χ3n) is 6.07. The van der Waals surface area contributed by atoms with E-state index in [1.807, 2.05) is 30.3 Å². The Labute approximate surface area is 223 Å². The molecule has 1 rings (SSSR count). The van der Waals surface area contributed by atoms with Crippen molar-refractivity contribution in [1.29, 1.82) is 0 Å². The second-order valence-corrected chi connectivity index (χ2v) is 10.6. The first-order valence-electron chi connectivity index (χ1n) is 14.1. The van der Waals surface area contributed by atoms with Crippen LogP contribution >= 0.6 is 11.8 Å². The van der Waals surface area contributed by atoms with E-state index in [2.05, 4.69) is 12.2 Å². The van der Waals surface area contributed by atoms with E-state index in [0.717, 1.165) is 18.4 Å². The Morgan fingerprint density at radius 1 is 0.833 bits per heavy atom. The molecule has 0 aromatic heterocycles. The summed E-state index contributed by atoms with van der Waals surface area (Å²) in [7, 11) is 0. The number of carbonyl (C=O) groups is 2. The molecule has 0 aliphatic carbocycles. The lowest BCUT2D eigenvalue weighted by Gasteiger charge is -2.11. The van der Waals surface area contributed by atoms with E-state index >= 15 is 0 Å². The van der Waals surface area contributed by atoms with Gasteiger partial charge in [0.05, 0.1) is 6.61 Å². The Kier molecular flexibility index (Phi) is 21.2. The number of amides is 1. The van der Waals surface area contributed by atoms with E-state index in [0.29, 0.717) is 24.7 Å². The van der Waals surface area contributed by atoms with Gasteiger partial charge in [0.2, 0.25) is 0 Å². The summed E-state index contributed by atoms with van der Waals surface area (Å²) in [5.41, 5.74) is 6.82. The van der Waals surface area contributed by atoms with Crippen LogP contribution in [0.15, 0.2) is 30.3 Å². The van der Waals surface area contributed by atoms with Gasteiger partial charge in [-0.2, -0.15) is 11.8 Å². The van der Waals surface area contributed by atoms with E-state index in [-0.39, 0.29) is 12.7 Å². The van der Waals surface area contributed by atoms with Gasteiger partial charge < -0.3 is 20.5 Å². The lowest BCUT2D eigenvalue weighted by Crippen LogP contribution is -2.35. The van der Waals surface area contributed by atoms with Crippen LogP contribution in [0.5, 0.6) is 0 Å². The van der Waals surface area contributed by atoms with Gasteiger partial charge in [-0.1, -0.05) is 121 Å². The normalized spacial score (nSPS) is 11.7. The molecule has 7 heteroatoms. The maximum atomic E-state index is 12.0. The lowest BCUT2D eigenvalue weighted by molar-refractivity contribution is -0.145. The molecule has 6 nitrogen and oxygen atoms in total. The molecule has 0 saturated heterocycles. The molecule has 1 aromatic rings. The lowest BCUT2D eigenvalue weighted by atomic mass is 10.0. The number of benzene rings is 1. The highest BCUT2D eigenvalue weighted by Gasteiger charge is 2.15. The minimum absolute atomic E-state index is 0.227. The number of nitrogens with two attached hydrogens (primary N) is 1. The minimum atomic E-state index is -0.675. The molecular formula is C29H50N2O4S. The van der Waals surface area contributed by atoms with Crippen molar-refractivity contribution in [3.8, 4) is 0 Å². The highest BCUT2D eigenvalue weighted by molar-refractivity contribution is 7.99. The Morgan fingerprint density at radius 2 is 1.39 bits per heavy atom. The fraction of sp³-hybridized carbons (Fsp3) is 0.724. The van der Waals surface area contributed by atoms with Crippen molar-refractivity contribution >= 4 is 23.8 Å². The van der Waals surface area contributed by atoms with Crippen LogP contribution in [0.25, 0.3) is 0 Å². The largest absolute Gasteiger partial charge is 0.460 e. The first-order chi connectivity index (χ1) is 17.6. The number of ether oxygens (including phenoxy) is 2. The summed E-state index contributed by atoms with van der Waals surface area (Å²) in [6, 6.07) is 8.84. The summed E-state index contributed by atoms with van der Waals surface area (Å²) in [5, 5.41) is 2.74. The van der Waals surface area contributed by atoms with E-state index in [4.69, 9.17) is 15.2 Å². The molecule has 0 heterocycles. The number of rotatable bonds is 23. The second kappa shape index (κ2) is 23.7. The average Bonchev–Trinajstić information content (AvgIpc) is 2.89. The molecule has 1 atom stereocenters. The average molecular weight is 523 g/mol. The maximum absolute atomic E-state index is 12.0. The molecule has 1 amide bonds. The number of unbranched alkanes of at least 4 members (excludes halogenated alkanes) is 13. The van der Waals surface area contributed by atoms with Crippen LogP contribution in [-0.2, 0) is 20.9 Å². The molecular weight excluding hydrogens is 472 g/mol. The van der Waals surface area contributed by atoms with Crippen LogP contribution in [0, 0.1) is 0 Å². The summed E-state index contributed by atoms with van der Waals surface area (Å²) >= 11 is 1.51. The van der Waals surface area contributed by atoms with Crippen LogP contribution < -0.4 is 11.1 Å². The van der Waals surface area contributed by atoms with Crippen LogP contribution in [0.3, 0.4) is 0 Å². The van der Waals surface area contributed by atoms with Gasteiger partial charge in [0, 0.05) is 18.1 Å². The standard InChI is InChI=1S/C29H50N2O4S/c1-2-3-4-5-6-7-8-9-10-11-12-13-14-18-22-34-29(33)31-21-23-36-25-27(30)28(32)35-24-26-19-16-15-17-20-26/h15-17,19-20,27H,2-14,18,21-25,30H2,1H3,(H,31,33)/t27-/m0/s1. The summed E-state index contributed by atoms with van der Waals surface area (Å²) in [5.74, 6) is 0.698. The molecule has 0 aliphatic heterocycles. The van der Waals surface area contributed by atoms with E-state index in [1.165, 1.54) is 88.8 Å². The van der Waals surface area contributed by atoms with Gasteiger partial charge in [0.25, 0.3) is 0 Å². The highest BCUT2D eigenvalue weighted by Crippen LogP contribution is 2.13. The smallest absolute Gasteiger partial charge is 0.407 e. The molecule has 0 aliphatic rings. The van der Waals surface area contributed by atoms with Crippen molar-refractivity contribution in [2.75, 3.05) is 24.7 Å². The molecule has 3 N–H and O–H groups in total. The van der Waals surface area contributed by atoms with Gasteiger partial charge in [-0.05, 0) is 12.0 Å². The number of hydrogen-bond acceptors (Lipinski definition) is 6. The predicted octanol–water partition coefficient (Wildman–Crippen LogP) is 7.00. The van der Waals surface area contributed by atoms with Gasteiger partial charge in [0.15, 0.2) is 0 Å². The zero-order chi connectivity index (χ0) is 26.1. The monoisotopic (exact) mass is 522 g/mol. The van der Waals surface area contributed by atoms with Crippen LogP contribution in [0.4, 0.5) is 4.79 Å². The van der Waals surface area contributed by atoms with E-state index in [9.17, 15) is 9.59 Å². The third-order valence-corrected chi connectivity index (χ3v) is 7.16. The van der Waals surface area contributed by atoms with Gasteiger partial charge in [-0.25, -0.2) is 4.79 Å². The molecule has 36 heavy (non-hydrogen) atoms. The first kappa shape index (κ1) is 32.3. The Balaban J connectivity index is 1.83. The topological polar surface area (TPSA) is 90.6 Å². The summed E-state index contributed by atoms with van der Waals surface area (Å²) in [6.07, 6.45) is 17.9.